The predicted octanol–water partition coefficient (Wildman–Crippen LogP) is 4.02. The van der Waals surface area contributed by atoms with Crippen LogP contribution in [0.15, 0.2) is 42.0 Å². The van der Waals surface area contributed by atoms with Gasteiger partial charge in [0, 0.05) is 12.6 Å². The summed E-state index contributed by atoms with van der Waals surface area (Å²) in [6.07, 6.45) is 4.85. The summed E-state index contributed by atoms with van der Waals surface area (Å²) in [5.74, 6) is 0. The highest BCUT2D eigenvalue weighted by molar-refractivity contribution is 5.20. The third-order valence-electron chi connectivity index (χ3n) is 4.39. The topological polar surface area (TPSA) is 12.5 Å². The summed E-state index contributed by atoms with van der Waals surface area (Å²) in [5.41, 5.74) is 3.41. The maximum atomic E-state index is 5.80. The SMILES string of the molecule is CC(C)(C)CC1=CC2COCC(C1)N2Cc1ccccc1. The Balaban J connectivity index is 1.75. The van der Waals surface area contributed by atoms with E-state index in [-0.39, 0.29) is 0 Å². The second-order valence-electron chi connectivity index (χ2n) is 7.68. The van der Waals surface area contributed by atoms with Gasteiger partial charge in [-0.1, -0.05) is 62.8 Å². The van der Waals surface area contributed by atoms with Crippen LogP contribution in [0.1, 0.15) is 39.2 Å². The van der Waals surface area contributed by atoms with Gasteiger partial charge in [-0.15, -0.1) is 0 Å². The molecule has 2 heterocycles. The molecule has 2 nitrogen and oxygen atoms in total. The molecule has 2 heteroatoms. The molecule has 2 aliphatic rings. The van der Waals surface area contributed by atoms with E-state index < -0.39 is 0 Å². The van der Waals surface area contributed by atoms with Crippen LogP contribution in [0.25, 0.3) is 0 Å². The number of morpholine rings is 1. The van der Waals surface area contributed by atoms with Crippen molar-refractivity contribution in [2.24, 2.45) is 5.41 Å². The van der Waals surface area contributed by atoms with Crippen LogP contribution >= 0.6 is 0 Å². The van der Waals surface area contributed by atoms with Crippen LogP contribution in [0.4, 0.5) is 0 Å². The van der Waals surface area contributed by atoms with E-state index in [0.29, 0.717) is 17.5 Å². The van der Waals surface area contributed by atoms with Crippen molar-refractivity contribution in [1.29, 1.82) is 0 Å². The number of fused-ring (bicyclic) bond motifs is 2. The lowest BCUT2D eigenvalue weighted by Crippen LogP contribution is -2.53. The number of ether oxygens (including phenoxy) is 1. The van der Waals surface area contributed by atoms with E-state index >= 15 is 0 Å². The Morgan fingerprint density at radius 1 is 1.14 bits per heavy atom. The Labute approximate surface area is 128 Å². The molecule has 2 atom stereocenters. The molecule has 0 N–H and O–H groups in total. The van der Waals surface area contributed by atoms with E-state index in [0.717, 1.165) is 19.8 Å². The fraction of sp³-hybridized carbons (Fsp3) is 0.579. The molecule has 0 radical (unpaired) electrons. The Morgan fingerprint density at radius 2 is 1.90 bits per heavy atom. The zero-order valence-electron chi connectivity index (χ0n) is 13.5. The molecule has 114 valence electrons. The highest BCUT2D eigenvalue weighted by Crippen LogP contribution is 2.34. The quantitative estimate of drug-likeness (QED) is 0.778. The first-order valence-electron chi connectivity index (χ1n) is 8.08. The largest absolute Gasteiger partial charge is 0.378 e. The Hall–Kier alpha value is -1.12. The fourth-order valence-corrected chi connectivity index (χ4v) is 3.60. The smallest absolute Gasteiger partial charge is 0.0658 e. The van der Waals surface area contributed by atoms with Crippen molar-refractivity contribution < 1.29 is 4.74 Å². The molecular weight excluding hydrogens is 258 g/mol. The maximum Gasteiger partial charge on any atom is 0.0658 e. The van der Waals surface area contributed by atoms with Gasteiger partial charge in [-0.25, -0.2) is 0 Å². The van der Waals surface area contributed by atoms with Gasteiger partial charge in [-0.3, -0.25) is 4.90 Å². The third-order valence-corrected chi connectivity index (χ3v) is 4.39. The zero-order chi connectivity index (χ0) is 14.9. The van der Waals surface area contributed by atoms with Crippen LogP contribution in [-0.2, 0) is 11.3 Å². The molecule has 2 aliphatic heterocycles. The minimum Gasteiger partial charge on any atom is -0.378 e. The number of hydrogen-bond donors (Lipinski definition) is 0. The van der Waals surface area contributed by atoms with Crippen molar-refractivity contribution in [2.75, 3.05) is 13.2 Å². The van der Waals surface area contributed by atoms with Gasteiger partial charge >= 0.3 is 0 Å². The summed E-state index contributed by atoms with van der Waals surface area (Å²) in [6.45, 7) is 9.75. The first kappa shape index (κ1) is 14.8. The summed E-state index contributed by atoms with van der Waals surface area (Å²) >= 11 is 0. The summed E-state index contributed by atoms with van der Waals surface area (Å²) in [6, 6.07) is 11.8. The van der Waals surface area contributed by atoms with Crippen LogP contribution in [0, 0.1) is 5.41 Å². The van der Waals surface area contributed by atoms with Gasteiger partial charge in [0.1, 0.15) is 0 Å². The van der Waals surface area contributed by atoms with Crippen molar-refractivity contribution in [1.82, 2.24) is 4.90 Å². The number of nitrogens with zero attached hydrogens (tertiary/aromatic N) is 1. The van der Waals surface area contributed by atoms with Crippen molar-refractivity contribution >= 4 is 0 Å². The second-order valence-corrected chi connectivity index (χ2v) is 7.68. The minimum atomic E-state index is 0.378. The summed E-state index contributed by atoms with van der Waals surface area (Å²) < 4.78 is 5.80. The van der Waals surface area contributed by atoms with E-state index in [9.17, 15) is 0 Å². The van der Waals surface area contributed by atoms with Gasteiger partial charge in [-0.2, -0.15) is 0 Å². The van der Waals surface area contributed by atoms with E-state index in [4.69, 9.17) is 4.74 Å². The molecule has 0 spiro atoms. The molecule has 0 aromatic heterocycles. The Kier molecular flexibility index (Phi) is 4.19. The molecule has 3 rings (SSSR count). The van der Waals surface area contributed by atoms with Gasteiger partial charge in [0.05, 0.1) is 19.3 Å². The van der Waals surface area contributed by atoms with E-state index in [2.05, 4.69) is 62.1 Å². The Morgan fingerprint density at radius 3 is 2.57 bits per heavy atom. The molecule has 0 amide bonds. The van der Waals surface area contributed by atoms with Gasteiger partial charge in [0.2, 0.25) is 0 Å². The Bertz CT molecular complexity index is 500. The lowest BCUT2D eigenvalue weighted by Gasteiger charge is -2.45. The predicted molar refractivity (Wildman–Crippen MR) is 87.2 cm³/mol. The highest BCUT2D eigenvalue weighted by Gasteiger charge is 2.35. The number of rotatable bonds is 3. The van der Waals surface area contributed by atoms with E-state index in [1.54, 1.807) is 5.57 Å². The summed E-state index contributed by atoms with van der Waals surface area (Å²) in [4.78, 5) is 2.63. The molecule has 2 bridgehead atoms. The lowest BCUT2D eigenvalue weighted by atomic mass is 9.82. The van der Waals surface area contributed by atoms with Crippen molar-refractivity contribution in [3.05, 3.63) is 47.5 Å². The van der Waals surface area contributed by atoms with Crippen molar-refractivity contribution in [3.63, 3.8) is 0 Å². The molecule has 0 saturated carbocycles. The third kappa shape index (κ3) is 3.75. The van der Waals surface area contributed by atoms with Gasteiger partial charge < -0.3 is 4.74 Å². The molecule has 1 fully saturated rings. The monoisotopic (exact) mass is 285 g/mol. The second kappa shape index (κ2) is 5.94. The number of benzene rings is 1. The molecular formula is C19H27NO. The van der Waals surface area contributed by atoms with Crippen LogP contribution in [0.3, 0.4) is 0 Å². The molecule has 2 unspecified atom stereocenters. The average molecular weight is 285 g/mol. The van der Waals surface area contributed by atoms with Crippen LogP contribution in [0.2, 0.25) is 0 Å². The van der Waals surface area contributed by atoms with Crippen LogP contribution < -0.4 is 0 Å². The molecule has 1 saturated heterocycles. The molecule has 0 aliphatic carbocycles. The first-order valence-corrected chi connectivity index (χ1v) is 8.08. The maximum absolute atomic E-state index is 5.80. The normalized spacial score (nSPS) is 26.5. The van der Waals surface area contributed by atoms with Crippen LogP contribution in [0.5, 0.6) is 0 Å². The van der Waals surface area contributed by atoms with Gasteiger partial charge in [0.15, 0.2) is 0 Å². The standard InChI is InChI=1S/C19H27NO/c1-19(2,3)11-16-9-17-13-21-14-18(10-16)20(17)12-15-7-5-4-6-8-15/h4-9,17-18H,10-14H2,1-3H3. The van der Waals surface area contributed by atoms with Gasteiger partial charge in [-0.05, 0) is 23.8 Å². The summed E-state index contributed by atoms with van der Waals surface area (Å²) in [5, 5.41) is 0. The van der Waals surface area contributed by atoms with Crippen LogP contribution in [-0.4, -0.2) is 30.2 Å². The number of hydrogen-bond acceptors (Lipinski definition) is 2. The van der Waals surface area contributed by atoms with Crippen molar-refractivity contribution in [3.8, 4) is 0 Å². The fourth-order valence-electron chi connectivity index (χ4n) is 3.60. The first-order chi connectivity index (χ1) is 10.0. The average Bonchev–Trinajstić information content (AvgIpc) is 2.39. The molecule has 1 aromatic carbocycles. The lowest BCUT2D eigenvalue weighted by molar-refractivity contribution is -0.0447. The minimum absolute atomic E-state index is 0.378. The van der Waals surface area contributed by atoms with Crippen molar-refractivity contribution in [2.45, 2.75) is 52.2 Å². The highest BCUT2D eigenvalue weighted by atomic mass is 16.5. The zero-order valence-corrected chi connectivity index (χ0v) is 13.5. The van der Waals surface area contributed by atoms with E-state index in [1.807, 2.05) is 0 Å². The van der Waals surface area contributed by atoms with Gasteiger partial charge in [0.25, 0.3) is 0 Å². The summed E-state index contributed by atoms with van der Waals surface area (Å²) in [7, 11) is 0. The van der Waals surface area contributed by atoms with E-state index in [1.165, 1.54) is 18.4 Å². The molecule has 21 heavy (non-hydrogen) atoms. The molecule has 1 aromatic rings.